The summed E-state index contributed by atoms with van der Waals surface area (Å²) in [6.45, 7) is 14.5. The van der Waals surface area contributed by atoms with Gasteiger partial charge in [-0.15, -0.1) is 0 Å². The summed E-state index contributed by atoms with van der Waals surface area (Å²) in [5.41, 5.74) is 5.17. The van der Waals surface area contributed by atoms with E-state index in [0.29, 0.717) is 25.3 Å². The molecule has 3 aliphatic heterocycles. The molecule has 4 heterocycles. The minimum absolute atomic E-state index is 0.0279. The molecule has 0 radical (unpaired) electrons. The number of ether oxygens (including phenoxy) is 3. The Kier molecular flexibility index (Phi) is 15.0. The van der Waals surface area contributed by atoms with Gasteiger partial charge in [-0.05, 0) is 80.8 Å². The monoisotopic (exact) mass is 875 g/mol. The van der Waals surface area contributed by atoms with Crippen LogP contribution in [0.2, 0.25) is 0 Å². The van der Waals surface area contributed by atoms with E-state index in [0.717, 1.165) is 52.2 Å². The molecule has 0 aliphatic carbocycles. The van der Waals surface area contributed by atoms with Crippen LogP contribution in [-0.4, -0.2) is 118 Å². The molecule has 64 heavy (non-hydrogen) atoms. The van der Waals surface area contributed by atoms with Crippen LogP contribution < -0.4 is 5.32 Å². The summed E-state index contributed by atoms with van der Waals surface area (Å²) in [7, 11) is 2.60. The Morgan fingerprint density at radius 1 is 0.828 bits per heavy atom. The lowest BCUT2D eigenvalue weighted by Crippen LogP contribution is -2.61. The van der Waals surface area contributed by atoms with Crippen LogP contribution in [0.3, 0.4) is 0 Å². The number of carbonyl (C=O) groups is 5. The SMILES string of the molecule is COC(=O)C[C@H](C(=O)N1CCN(C(=O)OC(C)(C)C)C[C@H]1C1=NC(c2ccc(C#Cc3ccc(-c4cnc([C@@H]5CCCN5C(=O)[C@@H](NC(=O)OC)C(C)C)[nH]4)cc3)cc2)=CC1)C(C)C. The zero-order valence-corrected chi connectivity index (χ0v) is 38.4. The number of imidazole rings is 1. The van der Waals surface area contributed by atoms with Gasteiger partial charge in [0.2, 0.25) is 11.8 Å². The smallest absolute Gasteiger partial charge is 0.410 e. The number of methoxy groups -OCH3 is 2. The van der Waals surface area contributed by atoms with Crippen molar-refractivity contribution >= 4 is 41.4 Å². The molecule has 4 amide bonds. The lowest BCUT2D eigenvalue weighted by Gasteiger charge is -2.43. The molecular formula is C49H61N7O8. The van der Waals surface area contributed by atoms with Crippen molar-refractivity contribution in [2.24, 2.45) is 22.7 Å². The summed E-state index contributed by atoms with van der Waals surface area (Å²) < 4.78 is 15.4. The lowest BCUT2D eigenvalue weighted by molar-refractivity contribution is -0.149. The molecular weight excluding hydrogens is 815 g/mol. The maximum Gasteiger partial charge on any atom is 0.410 e. The van der Waals surface area contributed by atoms with Gasteiger partial charge in [0.05, 0.1) is 56.2 Å². The van der Waals surface area contributed by atoms with E-state index in [4.69, 9.17) is 19.2 Å². The first-order valence-electron chi connectivity index (χ1n) is 22.0. The number of aliphatic imine (C=N–C) groups is 1. The van der Waals surface area contributed by atoms with Gasteiger partial charge in [-0.25, -0.2) is 14.6 Å². The van der Waals surface area contributed by atoms with Crippen molar-refractivity contribution in [1.29, 1.82) is 0 Å². The maximum atomic E-state index is 14.1. The molecule has 340 valence electrons. The Labute approximate surface area is 376 Å². The number of alkyl carbamates (subject to hydrolysis) is 1. The molecule has 15 heteroatoms. The first-order chi connectivity index (χ1) is 30.5. The van der Waals surface area contributed by atoms with Gasteiger partial charge in [0.1, 0.15) is 17.5 Å². The van der Waals surface area contributed by atoms with Gasteiger partial charge in [-0.1, -0.05) is 69.9 Å². The molecule has 0 saturated carbocycles. The van der Waals surface area contributed by atoms with E-state index in [-0.39, 0.29) is 49.2 Å². The second-order valence-corrected chi connectivity index (χ2v) is 18.1. The number of likely N-dealkylation sites (tertiary alicyclic amines) is 1. The van der Waals surface area contributed by atoms with Gasteiger partial charge in [-0.3, -0.25) is 19.4 Å². The van der Waals surface area contributed by atoms with Crippen LogP contribution in [0.5, 0.6) is 0 Å². The average Bonchev–Trinajstić information content (AvgIpc) is 4.08. The van der Waals surface area contributed by atoms with Gasteiger partial charge in [0, 0.05) is 49.4 Å². The fraction of sp³-hybridized carbons (Fsp3) is 0.490. The normalized spacial score (nSPS) is 18.5. The Morgan fingerprint density at radius 2 is 1.47 bits per heavy atom. The van der Waals surface area contributed by atoms with Crippen molar-refractivity contribution in [2.75, 3.05) is 40.4 Å². The summed E-state index contributed by atoms with van der Waals surface area (Å²) in [5, 5.41) is 2.69. The van der Waals surface area contributed by atoms with Crippen LogP contribution in [-0.2, 0) is 28.6 Å². The van der Waals surface area contributed by atoms with Gasteiger partial charge >= 0.3 is 18.2 Å². The van der Waals surface area contributed by atoms with E-state index in [1.807, 2.05) is 103 Å². The Hall–Kier alpha value is -6.43. The predicted octanol–water partition coefficient (Wildman–Crippen LogP) is 6.99. The number of carbonyl (C=O) groups excluding carboxylic acids is 5. The summed E-state index contributed by atoms with van der Waals surface area (Å²) >= 11 is 0. The van der Waals surface area contributed by atoms with Crippen LogP contribution in [0.1, 0.15) is 103 Å². The van der Waals surface area contributed by atoms with E-state index in [1.54, 1.807) is 20.9 Å². The third kappa shape index (κ3) is 11.4. The first-order valence-corrected chi connectivity index (χ1v) is 22.0. The van der Waals surface area contributed by atoms with Crippen LogP contribution in [0.4, 0.5) is 9.59 Å². The first kappa shape index (κ1) is 47.1. The second kappa shape index (κ2) is 20.4. The van der Waals surface area contributed by atoms with Crippen molar-refractivity contribution in [2.45, 2.75) is 97.9 Å². The molecule has 15 nitrogen and oxygen atoms in total. The van der Waals surface area contributed by atoms with Crippen LogP contribution in [0.15, 0.2) is 65.8 Å². The highest BCUT2D eigenvalue weighted by molar-refractivity contribution is 6.02. The van der Waals surface area contributed by atoms with Gasteiger partial charge in [-0.2, -0.15) is 0 Å². The third-order valence-electron chi connectivity index (χ3n) is 11.8. The molecule has 2 aromatic carbocycles. The number of piperazine rings is 1. The number of rotatable bonds is 11. The maximum absolute atomic E-state index is 14.1. The summed E-state index contributed by atoms with van der Waals surface area (Å²) in [6.07, 6.45) is 4.79. The molecule has 4 atom stereocenters. The number of hydrogen-bond acceptors (Lipinski definition) is 10. The van der Waals surface area contributed by atoms with Crippen molar-refractivity contribution < 1.29 is 38.2 Å². The second-order valence-electron chi connectivity index (χ2n) is 18.1. The molecule has 6 rings (SSSR count). The highest BCUT2D eigenvalue weighted by atomic mass is 16.6. The van der Waals surface area contributed by atoms with Crippen LogP contribution >= 0.6 is 0 Å². The van der Waals surface area contributed by atoms with E-state index in [2.05, 4.69) is 27.1 Å². The number of allylic oxidation sites excluding steroid dienone is 1. The number of amides is 4. The quantitative estimate of drug-likeness (QED) is 0.117. The van der Waals surface area contributed by atoms with Crippen molar-refractivity contribution in [3.63, 3.8) is 0 Å². The molecule has 2 saturated heterocycles. The minimum atomic E-state index is -0.703. The summed E-state index contributed by atoms with van der Waals surface area (Å²) in [4.78, 5) is 83.4. The average molecular weight is 876 g/mol. The van der Waals surface area contributed by atoms with Crippen molar-refractivity contribution in [3.8, 4) is 23.1 Å². The fourth-order valence-electron chi connectivity index (χ4n) is 8.20. The number of nitrogens with zero attached hydrogens (tertiary/aromatic N) is 5. The van der Waals surface area contributed by atoms with E-state index < -0.39 is 41.8 Å². The van der Waals surface area contributed by atoms with Crippen molar-refractivity contribution in [1.82, 2.24) is 30.0 Å². The van der Waals surface area contributed by atoms with Gasteiger partial charge in [0.25, 0.3) is 0 Å². The van der Waals surface area contributed by atoms with Crippen molar-refractivity contribution in [3.05, 3.63) is 83.3 Å². The highest BCUT2D eigenvalue weighted by Gasteiger charge is 2.41. The number of esters is 1. The zero-order chi connectivity index (χ0) is 46.3. The topological polar surface area (TPSA) is 176 Å². The zero-order valence-electron chi connectivity index (χ0n) is 38.4. The van der Waals surface area contributed by atoms with Gasteiger partial charge < -0.3 is 39.2 Å². The predicted molar refractivity (Wildman–Crippen MR) is 243 cm³/mol. The van der Waals surface area contributed by atoms with Gasteiger partial charge in [0.15, 0.2) is 0 Å². The largest absolute Gasteiger partial charge is 0.469 e. The van der Waals surface area contributed by atoms with Crippen LogP contribution in [0, 0.1) is 29.6 Å². The molecule has 0 spiro atoms. The molecule has 0 unspecified atom stereocenters. The van der Waals surface area contributed by atoms with E-state index >= 15 is 0 Å². The standard InChI is InChI=1S/C49H61N7O8/c1-30(2)36(27-42(57)62-8)45(58)56-26-25-54(48(61)64-49(5,6)7)29-41(56)38-23-22-37(51-38)34-18-14-32(15-19-34)12-13-33-16-20-35(21-17-33)39-28-50-44(52-39)40-11-10-24-55(40)46(59)43(31(3)4)53-47(60)63-9/h14-22,28,30-31,36,40-41,43H,10-11,23-27,29H2,1-9H3,(H,50,52)(H,53,60)/t36-,40-,41-,43-/m0/s1. The molecule has 1 aromatic heterocycles. The lowest BCUT2D eigenvalue weighted by atomic mass is 9.89. The molecule has 2 N–H and O–H groups in total. The molecule has 2 fully saturated rings. The number of H-pyrrole nitrogens is 1. The van der Waals surface area contributed by atoms with E-state index in [1.165, 1.54) is 14.2 Å². The van der Waals surface area contributed by atoms with E-state index in [9.17, 15) is 24.0 Å². The highest BCUT2D eigenvalue weighted by Crippen LogP contribution is 2.33. The number of nitrogens with one attached hydrogen (secondary N) is 2. The molecule has 3 aromatic rings. The fourth-order valence-corrected chi connectivity index (χ4v) is 8.20. The Bertz CT molecular complexity index is 2310. The third-order valence-corrected chi connectivity index (χ3v) is 11.8. The van der Waals surface area contributed by atoms with Crippen LogP contribution in [0.25, 0.3) is 17.0 Å². The number of hydrogen-bond donors (Lipinski definition) is 2. The number of aromatic amines is 1. The number of aromatic nitrogens is 2. The Morgan fingerprint density at radius 3 is 2.06 bits per heavy atom. The Balaban J connectivity index is 1.12. The molecule has 0 bridgehead atoms. The molecule has 3 aliphatic rings. The minimum Gasteiger partial charge on any atom is -0.469 e. The number of benzene rings is 2. The summed E-state index contributed by atoms with van der Waals surface area (Å²) in [5.74, 6) is 5.64. The summed E-state index contributed by atoms with van der Waals surface area (Å²) in [6, 6.07) is 14.3.